The van der Waals surface area contributed by atoms with Gasteiger partial charge in [0.25, 0.3) is 11.8 Å². The van der Waals surface area contributed by atoms with E-state index in [0.717, 1.165) is 50.1 Å². The third-order valence-corrected chi connectivity index (χ3v) is 8.97. The molecule has 4 aliphatic rings. The van der Waals surface area contributed by atoms with Crippen LogP contribution in [0.15, 0.2) is 30.3 Å². The van der Waals surface area contributed by atoms with Gasteiger partial charge in [-0.05, 0) is 55.9 Å². The number of carbonyl (C=O) groups excluding carboxylic acids is 2. The minimum Gasteiger partial charge on any atom is -0.477 e. The first-order valence-corrected chi connectivity index (χ1v) is 14.2. The van der Waals surface area contributed by atoms with Crippen molar-refractivity contribution in [3.63, 3.8) is 0 Å². The summed E-state index contributed by atoms with van der Waals surface area (Å²) in [5.74, 6) is 1.29. The number of H-pyrrole nitrogens is 1. The summed E-state index contributed by atoms with van der Waals surface area (Å²) in [6.45, 7) is 4.03. The van der Waals surface area contributed by atoms with Crippen LogP contribution in [-0.4, -0.2) is 101 Å². The summed E-state index contributed by atoms with van der Waals surface area (Å²) >= 11 is 0. The van der Waals surface area contributed by atoms with Gasteiger partial charge in [0.05, 0.1) is 25.2 Å². The number of rotatable bonds is 7. The molecule has 3 saturated heterocycles. The highest BCUT2D eigenvalue weighted by atomic mass is 16.5. The van der Waals surface area contributed by atoms with Gasteiger partial charge in [-0.25, -0.2) is 4.98 Å². The van der Waals surface area contributed by atoms with Crippen LogP contribution in [0.5, 0.6) is 5.88 Å². The fourth-order valence-electron chi connectivity index (χ4n) is 6.38. The van der Waals surface area contributed by atoms with Crippen molar-refractivity contribution in [3.05, 3.63) is 47.2 Å². The highest BCUT2D eigenvalue weighted by molar-refractivity contribution is 5.98. The Morgan fingerprint density at radius 2 is 1.77 bits per heavy atom. The quantitative estimate of drug-likeness (QED) is 0.480. The number of aromatic nitrogens is 4. The van der Waals surface area contributed by atoms with Gasteiger partial charge in [-0.1, -0.05) is 5.21 Å². The highest BCUT2D eigenvalue weighted by Gasteiger charge is 2.55. The lowest BCUT2D eigenvalue weighted by molar-refractivity contribution is -0.0111. The molecule has 2 amide bonds. The normalized spacial score (nSPS) is 25.0. The topological polar surface area (TPSA) is 123 Å². The molecule has 1 saturated carbocycles. The maximum absolute atomic E-state index is 13.8. The first-order chi connectivity index (χ1) is 19.5. The number of fused-ring (bicyclic) bond motifs is 2. The third-order valence-electron chi connectivity index (χ3n) is 8.97. The maximum atomic E-state index is 13.8. The molecule has 40 heavy (non-hydrogen) atoms. The summed E-state index contributed by atoms with van der Waals surface area (Å²) in [5, 5.41) is 10.6. The van der Waals surface area contributed by atoms with E-state index in [4.69, 9.17) is 19.2 Å². The Morgan fingerprint density at radius 1 is 1.02 bits per heavy atom. The summed E-state index contributed by atoms with van der Waals surface area (Å²) in [6, 6.07) is 9.09. The number of hydrogen-bond donors (Lipinski definition) is 1. The van der Waals surface area contributed by atoms with Gasteiger partial charge in [-0.15, -0.1) is 5.10 Å². The van der Waals surface area contributed by atoms with E-state index < -0.39 is 5.60 Å². The van der Waals surface area contributed by atoms with Crippen LogP contribution in [0.25, 0.3) is 11.0 Å². The Balaban J connectivity index is 1.05. The van der Waals surface area contributed by atoms with Gasteiger partial charge in [0, 0.05) is 68.1 Å². The van der Waals surface area contributed by atoms with E-state index in [1.807, 2.05) is 21.9 Å². The lowest BCUT2D eigenvalue weighted by atomic mass is 9.95. The van der Waals surface area contributed by atoms with E-state index in [9.17, 15) is 9.59 Å². The second-order valence-electron chi connectivity index (χ2n) is 11.6. The van der Waals surface area contributed by atoms with Crippen molar-refractivity contribution in [2.45, 2.75) is 37.2 Å². The first-order valence-electron chi connectivity index (χ1n) is 14.2. The fourth-order valence-corrected chi connectivity index (χ4v) is 6.38. The molecule has 7 rings (SSSR count). The van der Waals surface area contributed by atoms with Crippen LogP contribution in [0, 0.1) is 11.8 Å². The van der Waals surface area contributed by atoms with Crippen LogP contribution in [0.2, 0.25) is 0 Å². The average molecular weight is 547 g/mol. The van der Waals surface area contributed by atoms with Gasteiger partial charge in [0.1, 0.15) is 11.1 Å². The van der Waals surface area contributed by atoms with E-state index in [0.29, 0.717) is 67.1 Å². The molecular formula is C29H34N6O5. The Bertz CT molecular complexity index is 1430. The summed E-state index contributed by atoms with van der Waals surface area (Å²) in [4.78, 5) is 35.6. The molecule has 1 N–H and O–H groups in total. The molecule has 2 aromatic heterocycles. The lowest BCUT2D eigenvalue weighted by Gasteiger charge is -2.28. The van der Waals surface area contributed by atoms with E-state index in [1.165, 1.54) is 0 Å². The molecule has 0 radical (unpaired) electrons. The first kappa shape index (κ1) is 25.4. The van der Waals surface area contributed by atoms with E-state index >= 15 is 0 Å². The molecule has 1 aromatic carbocycles. The second-order valence-corrected chi connectivity index (χ2v) is 11.6. The number of nitrogens with one attached hydrogen (secondary N) is 1. The standard InChI is InChI=1S/C29H34N6O5/c1-38-29-16-34(27(36)20-4-5-23-25(10-20)32-33-31-23)13-22(29)14-35(17-29)28(37)21-11-24(19-2-3-19)30-26(12-21)40-15-18-6-8-39-9-7-18/h4-5,10-12,18-19,22H,2-3,6-9,13-17H2,1H3,(H,31,32,33). The molecule has 11 nitrogen and oxygen atoms in total. The summed E-state index contributed by atoms with van der Waals surface area (Å²) in [7, 11) is 1.68. The van der Waals surface area contributed by atoms with Gasteiger partial charge < -0.3 is 24.0 Å². The van der Waals surface area contributed by atoms with Crippen LogP contribution in [0.4, 0.5) is 0 Å². The van der Waals surface area contributed by atoms with Gasteiger partial charge in [-0.2, -0.15) is 0 Å². The monoisotopic (exact) mass is 546 g/mol. The molecule has 210 valence electrons. The van der Waals surface area contributed by atoms with Crippen LogP contribution < -0.4 is 4.74 Å². The number of pyridine rings is 1. The lowest BCUT2D eigenvalue weighted by Crippen LogP contribution is -2.44. The van der Waals surface area contributed by atoms with Gasteiger partial charge >= 0.3 is 0 Å². The molecule has 11 heteroatoms. The fraction of sp³-hybridized carbons (Fsp3) is 0.552. The number of ether oxygens (including phenoxy) is 3. The predicted octanol–water partition coefficient (Wildman–Crippen LogP) is 2.65. The second kappa shape index (κ2) is 10.1. The van der Waals surface area contributed by atoms with Crippen molar-refractivity contribution in [3.8, 4) is 5.88 Å². The van der Waals surface area contributed by atoms with Crippen molar-refractivity contribution >= 4 is 22.8 Å². The number of nitrogens with zero attached hydrogens (tertiary/aromatic N) is 5. The predicted molar refractivity (Wildman–Crippen MR) is 144 cm³/mol. The zero-order valence-corrected chi connectivity index (χ0v) is 22.7. The molecule has 0 bridgehead atoms. The highest BCUT2D eigenvalue weighted by Crippen LogP contribution is 2.42. The maximum Gasteiger partial charge on any atom is 0.254 e. The molecule has 4 fully saturated rings. The van der Waals surface area contributed by atoms with E-state index in [-0.39, 0.29) is 17.7 Å². The Labute approximate surface area is 232 Å². The number of likely N-dealkylation sites (tertiary alicyclic amines) is 2. The number of hydrogen-bond acceptors (Lipinski definition) is 8. The Kier molecular flexibility index (Phi) is 6.42. The van der Waals surface area contributed by atoms with Crippen LogP contribution in [0.1, 0.15) is 58.0 Å². The summed E-state index contributed by atoms with van der Waals surface area (Å²) in [6.07, 6.45) is 4.15. The largest absolute Gasteiger partial charge is 0.477 e. The summed E-state index contributed by atoms with van der Waals surface area (Å²) < 4.78 is 17.6. The third kappa shape index (κ3) is 4.71. The molecule has 5 heterocycles. The molecule has 3 aromatic rings. The Hall–Kier alpha value is -3.57. The van der Waals surface area contributed by atoms with Crippen LogP contribution in [0.3, 0.4) is 0 Å². The van der Waals surface area contributed by atoms with Crippen molar-refractivity contribution in [2.75, 3.05) is 53.1 Å². The van der Waals surface area contributed by atoms with Crippen LogP contribution >= 0.6 is 0 Å². The smallest absolute Gasteiger partial charge is 0.254 e. The molecular weight excluding hydrogens is 512 g/mol. The van der Waals surface area contributed by atoms with Gasteiger partial charge in [0.15, 0.2) is 0 Å². The van der Waals surface area contributed by atoms with Crippen LogP contribution in [-0.2, 0) is 9.47 Å². The van der Waals surface area contributed by atoms with Crippen molar-refractivity contribution in [1.82, 2.24) is 30.2 Å². The molecule has 0 spiro atoms. The number of benzene rings is 1. The minimum absolute atomic E-state index is 0.0233. The van der Waals surface area contributed by atoms with Crippen molar-refractivity contribution in [2.24, 2.45) is 11.8 Å². The zero-order valence-electron chi connectivity index (χ0n) is 22.7. The van der Waals surface area contributed by atoms with E-state index in [1.54, 1.807) is 25.3 Å². The van der Waals surface area contributed by atoms with E-state index in [2.05, 4.69) is 15.4 Å². The number of aromatic amines is 1. The van der Waals surface area contributed by atoms with Gasteiger partial charge in [-0.3, -0.25) is 14.7 Å². The van der Waals surface area contributed by atoms with Crippen molar-refractivity contribution in [1.29, 1.82) is 0 Å². The SMILES string of the molecule is COC12CN(C(=O)c3cc(OCC4CCOCC4)nc(C4CC4)c3)CC1CN(C(=O)c1ccc3[nH]nnc3c1)C2. The van der Waals surface area contributed by atoms with Gasteiger partial charge in [0.2, 0.25) is 5.88 Å². The summed E-state index contributed by atoms with van der Waals surface area (Å²) in [5.41, 5.74) is 2.96. The number of methoxy groups -OCH3 is 1. The number of amides is 2. The molecule has 2 atom stereocenters. The average Bonchev–Trinajstić information content (AvgIpc) is 3.48. The zero-order chi connectivity index (χ0) is 27.3. The molecule has 3 aliphatic heterocycles. The Morgan fingerprint density at radius 3 is 2.48 bits per heavy atom. The molecule has 2 unspecified atom stereocenters. The minimum atomic E-state index is -0.599. The number of carbonyl (C=O) groups is 2. The van der Waals surface area contributed by atoms with Crippen molar-refractivity contribution < 1.29 is 23.8 Å². The molecule has 1 aliphatic carbocycles.